The molecule has 0 aliphatic heterocycles. The predicted molar refractivity (Wildman–Crippen MR) is 361 cm³/mol. The Morgan fingerprint density at radius 2 is 0.610 bits per heavy atom. The highest BCUT2D eigenvalue weighted by Crippen LogP contribution is 2.19. The molecule has 6 heteroatoms. The highest BCUT2D eigenvalue weighted by atomic mass is 16.5. The molecule has 0 aromatic carbocycles. The first-order valence-corrected chi connectivity index (χ1v) is 37.2. The molecular weight excluding hydrogens is 1010 g/mol. The minimum absolute atomic E-state index is 0.000135. The van der Waals surface area contributed by atoms with Crippen LogP contribution in [-0.2, 0) is 14.3 Å². The minimum Gasteiger partial charge on any atom is -0.466 e. The monoisotopic (exact) mass is 1150 g/mol. The van der Waals surface area contributed by atoms with Crippen molar-refractivity contribution in [2.45, 2.75) is 424 Å². The van der Waals surface area contributed by atoms with Crippen LogP contribution in [0.25, 0.3) is 0 Å². The Hall–Kier alpha value is -1.92. The second-order valence-corrected chi connectivity index (χ2v) is 25.6. The van der Waals surface area contributed by atoms with Crippen molar-refractivity contribution in [3.05, 3.63) is 36.5 Å². The molecule has 0 aromatic heterocycles. The van der Waals surface area contributed by atoms with Crippen LogP contribution in [0.1, 0.15) is 412 Å². The number of hydrogen-bond donors (Lipinski definition) is 3. The third kappa shape index (κ3) is 67.2. The predicted octanol–water partition coefficient (Wildman–Crippen LogP) is 24.3. The van der Waals surface area contributed by atoms with Gasteiger partial charge in [0, 0.05) is 12.8 Å². The fourth-order valence-electron chi connectivity index (χ4n) is 11.7. The molecule has 0 heterocycles. The number of amides is 1. The van der Waals surface area contributed by atoms with E-state index >= 15 is 0 Å². The van der Waals surface area contributed by atoms with Crippen LogP contribution in [0.15, 0.2) is 36.5 Å². The summed E-state index contributed by atoms with van der Waals surface area (Å²) < 4.78 is 5.49. The molecule has 1 amide bonds. The Morgan fingerprint density at radius 3 is 0.951 bits per heavy atom. The summed E-state index contributed by atoms with van der Waals surface area (Å²) in [7, 11) is 0. The highest BCUT2D eigenvalue weighted by Gasteiger charge is 2.20. The number of aliphatic hydroxyl groups excluding tert-OH is 2. The van der Waals surface area contributed by atoms with E-state index in [0.717, 1.165) is 51.4 Å². The number of carbonyl (C=O) groups excluding carboxylic acids is 2. The first-order valence-electron chi connectivity index (χ1n) is 37.2. The van der Waals surface area contributed by atoms with Crippen LogP contribution >= 0.6 is 0 Å². The molecule has 0 saturated heterocycles. The Labute approximate surface area is 513 Å². The van der Waals surface area contributed by atoms with Crippen molar-refractivity contribution >= 4 is 11.9 Å². The molecule has 0 radical (unpaired) electrons. The average molecular weight is 1150 g/mol. The molecule has 0 saturated carbocycles. The van der Waals surface area contributed by atoms with Crippen molar-refractivity contribution in [3.8, 4) is 0 Å². The first kappa shape index (κ1) is 80.1. The number of aliphatic hydroxyl groups is 2. The molecule has 6 nitrogen and oxygen atoms in total. The number of esters is 1. The van der Waals surface area contributed by atoms with Crippen LogP contribution in [0.3, 0.4) is 0 Å². The summed E-state index contributed by atoms with van der Waals surface area (Å²) in [5, 5.41) is 23.5. The SMILES string of the molecule is CCCCCC/C=C\C/C=C\CCCCCCCC(=O)OCCCCCCCCCCCCCC/C=C\CCCCCCCCCCC(=O)NC(CO)C(O)CCCCCCCCCCCCCCCCCCCCCCCCCCC. The zero-order valence-electron chi connectivity index (χ0n) is 55.5. The average Bonchev–Trinajstić information content (AvgIpc) is 3.48. The van der Waals surface area contributed by atoms with Gasteiger partial charge in [0.15, 0.2) is 0 Å². The Morgan fingerprint density at radius 1 is 0.341 bits per heavy atom. The lowest BCUT2D eigenvalue weighted by Crippen LogP contribution is -2.45. The fraction of sp³-hybridized carbons (Fsp3) is 0.895. The van der Waals surface area contributed by atoms with Crippen LogP contribution in [0.5, 0.6) is 0 Å². The summed E-state index contributed by atoms with van der Waals surface area (Å²) in [6.45, 7) is 4.96. The van der Waals surface area contributed by atoms with Crippen molar-refractivity contribution in [2.75, 3.05) is 13.2 Å². The van der Waals surface area contributed by atoms with Gasteiger partial charge < -0.3 is 20.3 Å². The van der Waals surface area contributed by atoms with Crippen LogP contribution in [-0.4, -0.2) is 47.4 Å². The third-order valence-electron chi connectivity index (χ3n) is 17.4. The van der Waals surface area contributed by atoms with Gasteiger partial charge in [0.1, 0.15) is 0 Å². The maximum absolute atomic E-state index is 12.6. The van der Waals surface area contributed by atoms with Gasteiger partial charge in [-0.2, -0.15) is 0 Å². The number of nitrogens with one attached hydrogen (secondary N) is 1. The molecule has 0 aliphatic rings. The lowest BCUT2D eigenvalue weighted by molar-refractivity contribution is -0.143. The molecule has 82 heavy (non-hydrogen) atoms. The van der Waals surface area contributed by atoms with Crippen molar-refractivity contribution in [2.24, 2.45) is 0 Å². The summed E-state index contributed by atoms with van der Waals surface area (Å²) in [6, 6.07) is -0.547. The zero-order valence-corrected chi connectivity index (χ0v) is 55.5. The largest absolute Gasteiger partial charge is 0.466 e. The standard InChI is InChI=1S/C76H145NO5/c1-3-5-7-9-11-13-15-17-19-21-22-23-24-25-28-31-34-37-40-44-48-52-56-60-64-68-74(79)73(72-78)77-75(80)69-65-61-57-53-49-45-41-38-35-32-29-26-27-30-33-36-39-43-47-51-55-59-63-67-71-82-76(81)70-66-62-58-54-50-46-42-20-18-16-14-12-10-8-6-4-2/h14,16,20,29,32,42,73-74,78-79H,3-13,15,17-19,21-28,30-31,33-41,43-72H2,1-2H3,(H,77,80)/b16-14-,32-29-,42-20-. The lowest BCUT2D eigenvalue weighted by atomic mass is 10.0. The summed E-state index contributed by atoms with van der Waals surface area (Å²) in [6.07, 6.45) is 92.0. The topological polar surface area (TPSA) is 95.9 Å². The Bertz CT molecular complexity index is 1330. The van der Waals surface area contributed by atoms with Gasteiger partial charge in [-0.1, -0.05) is 352 Å². The first-order chi connectivity index (χ1) is 40.5. The minimum atomic E-state index is -0.669. The summed E-state index contributed by atoms with van der Waals surface area (Å²) in [5.74, 6) is -0.0351. The van der Waals surface area contributed by atoms with Gasteiger partial charge >= 0.3 is 5.97 Å². The molecular formula is C76H145NO5. The number of allylic oxidation sites excluding steroid dienone is 6. The van der Waals surface area contributed by atoms with Crippen LogP contribution < -0.4 is 5.32 Å². The van der Waals surface area contributed by atoms with E-state index < -0.39 is 12.1 Å². The maximum Gasteiger partial charge on any atom is 0.305 e. The van der Waals surface area contributed by atoms with Crippen LogP contribution in [0, 0.1) is 0 Å². The Kier molecular flexibility index (Phi) is 69.9. The van der Waals surface area contributed by atoms with Gasteiger partial charge in [-0.05, 0) is 83.5 Å². The van der Waals surface area contributed by atoms with E-state index in [1.807, 2.05) is 0 Å². The molecule has 0 bridgehead atoms. The zero-order chi connectivity index (χ0) is 59.2. The van der Waals surface area contributed by atoms with Gasteiger partial charge in [-0.25, -0.2) is 0 Å². The summed E-state index contributed by atoms with van der Waals surface area (Å²) >= 11 is 0. The van der Waals surface area contributed by atoms with E-state index in [1.165, 1.54) is 327 Å². The second-order valence-electron chi connectivity index (χ2n) is 25.6. The molecule has 0 aromatic rings. The Balaban J connectivity index is 3.41. The lowest BCUT2D eigenvalue weighted by Gasteiger charge is -2.22. The number of hydrogen-bond acceptors (Lipinski definition) is 5. The van der Waals surface area contributed by atoms with Crippen molar-refractivity contribution in [1.29, 1.82) is 0 Å². The molecule has 3 N–H and O–H groups in total. The molecule has 0 aliphatic carbocycles. The van der Waals surface area contributed by atoms with E-state index in [-0.39, 0.29) is 18.5 Å². The number of ether oxygens (including phenoxy) is 1. The normalized spacial score (nSPS) is 12.7. The highest BCUT2D eigenvalue weighted by molar-refractivity contribution is 5.76. The van der Waals surface area contributed by atoms with E-state index in [9.17, 15) is 19.8 Å². The number of carbonyl (C=O) groups is 2. The maximum atomic E-state index is 12.6. The van der Waals surface area contributed by atoms with Crippen molar-refractivity contribution < 1.29 is 24.5 Å². The van der Waals surface area contributed by atoms with Crippen LogP contribution in [0.2, 0.25) is 0 Å². The van der Waals surface area contributed by atoms with E-state index in [2.05, 4.69) is 55.6 Å². The molecule has 2 atom stereocenters. The van der Waals surface area contributed by atoms with Gasteiger partial charge in [-0.15, -0.1) is 0 Å². The quantitative estimate of drug-likeness (QED) is 0.0320. The fourth-order valence-corrected chi connectivity index (χ4v) is 11.7. The third-order valence-corrected chi connectivity index (χ3v) is 17.4. The second kappa shape index (κ2) is 71.6. The molecule has 484 valence electrons. The number of unbranched alkanes of at least 4 members (excludes halogenated alkanes) is 53. The smallest absolute Gasteiger partial charge is 0.305 e. The van der Waals surface area contributed by atoms with Crippen molar-refractivity contribution in [1.82, 2.24) is 5.32 Å². The van der Waals surface area contributed by atoms with E-state index in [1.54, 1.807) is 0 Å². The van der Waals surface area contributed by atoms with Gasteiger partial charge in [0.25, 0.3) is 0 Å². The molecule has 0 fully saturated rings. The molecule has 0 spiro atoms. The summed E-state index contributed by atoms with van der Waals surface area (Å²) in [4.78, 5) is 24.6. The van der Waals surface area contributed by atoms with Gasteiger partial charge in [0.05, 0.1) is 25.4 Å². The van der Waals surface area contributed by atoms with Crippen LogP contribution in [0.4, 0.5) is 0 Å². The van der Waals surface area contributed by atoms with Gasteiger partial charge in [0.2, 0.25) is 5.91 Å². The van der Waals surface area contributed by atoms with E-state index in [0.29, 0.717) is 25.9 Å². The summed E-state index contributed by atoms with van der Waals surface area (Å²) in [5.41, 5.74) is 0. The molecule has 2 unspecified atom stereocenters. The molecule has 0 rings (SSSR count). The van der Waals surface area contributed by atoms with E-state index in [4.69, 9.17) is 4.74 Å². The van der Waals surface area contributed by atoms with Crippen molar-refractivity contribution in [3.63, 3.8) is 0 Å². The van der Waals surface area contributed by atoms with Gasteiger partial charge in [-0.3, -0.25) is 9.59 Å². The number of rotatable bonds is 70.